The van der Waals surface area contributed by atoms with Crippen LogP contribution in [0.2, 0.25) is 0 Å². The largest absolute Gasteiger partial charge is 0.229 e. The molecule has 0 fully saturated rings. The number of hydrogen-bond donors (Lipinski definition) is 1. The van der Waals surface area contributed by atoms with Gasteiger partial charge < -0.3 is 0 Å². The van der Waals surface area contributed by atoms with Gasteiger partial charge in [-0.15, -0.1) is 0 Å². The van der Waals surface area contributed by atoms with E-state index in [1.54, 1.807) is 12.1 Å². The fourth-order valence-corrected chi connectivity index (χ4v) is 2.94. The average Bonchev–Trinajstić information content (AvgIpc) is 2.04. The molecule has 0 saturated heterocycles. The van der Waals surface area contributed by atoms with Gasteiger partial charge in [-0.3, -0.25) is 0 Å². The van der Waals surface area contributed by atoms with Gasteiger partial charge in [-0.1, -0.05) is 26.0 Å². The first kappa shape index (κ1) is 13.1. The standard InChI is InChI=1S/C11H16FNO2S/c1-11(2,8-16(13,14)15)7-9-3-5-10(12)6-4-9/h3-6H,7-8H2,1-2H3,(H2,13,14,15). The van der Waals surface area contributed by atoms with Crippen molar-refractivity contribution in [2.24, 2.45) is 10.6 Å². The first-order valence-corrected chi connectivity index (χ1v) is 6.64. The molecule has 16 heavy (non-hydrogen) atoms. The average molecular weight is 245 g/mol. The molecule has 0 aliphatic carbocycles. The Labute approximate surface area is 95.5 Å². The Kier molecular flexibility index (Phi) is 3.70. The number of hydrogen-bond acceptors (Lipinski definition) is 2. The van der Waals surface area contributed by atoms with Crippen molar-refractivity contribution in [1.29, 1.82) is 0 Å². The zero-order chi connectivity index (χ0) is 12.4. The minimum Gasteiger partial charge on any atom is -0.229 e. The summed E-state index contributed by atoms with van der Waals surface area (Å²) in [6, 6.07) is 6.03. The molecule has 0 bridgehead atoms. The molecular formula is C11H16FNO2S. The number of sulfonamides is 1. The Morgan fingerprint density at radius 1 is 1.25 bits per heavy atom. The Morgan fingerprint density at radius 2 is 1.75 bits per heavy atom. The number of rotatable bonds is 4. The van der Waals surface area contributed by atoms with Crippen LogP contribution in [0, 0.1) is 11.2 Å². The monoisotopic (exact) mass is 245 g/mol. The second-order valence-corrected chi connectivity index (χ2v) is 6.39. The molecule has 0 radical (unpaired) electrons. The van der Waals surface area contributed by atoms with Gasteiger partial charge in [0.25, 0.3) is 0 Å². The van der Waals surface area contributed by atoms with Crippen molar-refractivity contribution in [3.63, 3.8) is 0 Å². The molecular weight excluding hydrogens is 229 g/mol. The summed E-state index contributed by atoms with van der Waals surface area (Å²) in [6.07, 6.45) is 0.545. The lowest BCUT2D eigenvalue weighted by Crippen LogP contribution is -2.30. The normalized spacial score (nSPS) is 12.8. The van der Waals surface area contributed by atoms with E-state index in [-0.39, 0.29) is 11.6 Å². The summed E-state index contributed by atoms with van der Waals surface area (Å²) in [5.41, 5.74) is 0.445. The Bertz CT molecular complexity index is 451. The highest BCUT2D eigenvalue weighted by Gasteiger charge is 2.24. The lowest BCUT2D eigenvalue weighted by molar-refractivity contribution is 0.409. The minimum absolute atomic E-state index is 0.0859. The molecule has 0 heterocycles. The van der Waals surface area contributed by atoms with Gasteiger partial charge in [-0.2, -0.15) is 0 Å². The minimum atomic E-state index is -3.48. The number of benzene rings is 1. The van der Waals surface area contributed by atoms with E-state index in [0.717, 1.165) is 5.56 Å². The zero-order valence-corrected chi connectivity index (χ0v) is 10.2. The van der Waals surface area contributed by atoms with E-state index in [2.05, 4.69) is 0 Å². The molecule has 0 unspecified atom stereocenters. The van der Waals surface area contributed by atoms with Gasteiger partial charge in [0.05, 0.1) is 5.75 Å². The number of primary sulfonamides is 1. The molecule has 0 atom stereocenters. The third-order valence-corrected chi connectivity index (χ3v) is 3.37. The van der Waals surface area contributed by atoms with Crippen LogP contribution in [0.3, 0.4) is 0 Å². The summed E-state index contributed by atoms with van der Waals surface area (Å²) in [7, 11) is -3.48. The van der Waals surface area contributed by atoms with Crippen LogP contribution in [0.4, 0.5) is 4.39 Å². The zero-order valence-electron chi connectivity index (χ0n) is 9.40. The van der Waals surface area contributed by atoms with E-state index < -0.39 is 15.4 Å². The van der Waals surface area contributed by atoms with Gasteiger partial charge in [0.2, 0.25) is 10.0 Å². The van der Waals surface area contributed by atoms with E-state index in [1.165, 1.54) is 12.1 Å². The molecule has 0 spiro atoms. The first-order valence-electron chi connectivity index (χ1n) is 4.93. The second kappa shape index (κ2) is 4.51. The van der Waals surface area contributed by atoms with E-state index in [4.69, 9.17) is 5.14 Å². The molecule has 3 nitrogen and oxygen atoms in total. The maximum Gasteiger partial charge on any atom is 0.209 e. The van der Waals surface area contributed by atoms with Crippen molar-refractivity contribution < 1.29 is 12.8 Å². The van der Waals surface area contributed by atoms with Crippen LogP contribution in [-0.4, -0.2) is 14.2 Å². The maximum absolute atomic E-state index is 12.7. The van der Waals surface area contributed by atoms with Crippen molar-refractivity contribution in [3.05, 3.63) is 35.6 Å². The molecule has 0 aromatic heterocycles. The van der Waals surface area contributed by atoms with E-state index in [0.29, 0.717) is 6.42 Å². The third-order valence-electron chi connectivity index (χ3n) is 2.19. The molecule has 1 aromatic rings. The highest BCUT2D eigenvalue weighted by atomic mass is 32.2. The molecule has 90 valence electrons. The van der Waals surface area contributed by atoms with Crippen LogP contribution < -0.4 is 5.14 Å². The molecule has 1 rings (SSSR count). The number of halogens is 1. The Balaban J connectivity index is 2.76. The molecule has 0 amide bonds. The van der Waals surface area contributed by atoms with Crippen LogP contribution in [0.1, 0.15) is 19.4 Å². The summed E-state index contributed by atoms with van der Waals surface area (Å²) in [6.45, 7) is 3.64. The van der Waals surface area contributed by atoms with Crippen molar-refractivity contribution in [2.75, 3.05) is 5.75 Å². The van der Waals surface area contributed by atoms with Crippen LogP contribution in [0.15, 0.2) is 24.3 Å². The lowest BCUT2D eigenvalue weighted by Gasteiger charge is -2.23. The molecule has 2 N–H and O–H groups in total. The second-order valence-electron chi connectivity index (χ2n) is 4.77. The van der Waals surface area contributed by atoms with E-state index in [1.807, 2.05) is 13.8 Å². The van der Waals surface area contributed by atoms with Crippen molar-refractivity contribution in [3.8, 4) is 0 Å². The maximum atomic E-state index is 12.7. The summed E-state index contributed by atoms with van der Waals surface area (Å²) in [5.74, 6) is -0.384. The van der Waals surface area contributed by atoms with Gasteiger partial charge in [0, 0.05) is 0 Å². The summed E-state index contributed by atoms with van der Waals surface area (Å²) < 4.78 is 34.7. The molecule has 5 heteroatoms. The number of nitrogens with two attached hydrogens (primary N) is 1. The highest BCUT2D eigenvalue weighted by molar-refractivity contribution is 7.89. The molecule has 0 aliphatic rings. The van der Waals surface area contributed by atoms with Gasteiger partial charge >= 0.3 is 0 Å². The first-order chi connectivity index (χ1) is 7.18. The molecule has 0 saturated carbocycles. The lowest BCUT2D eigenvalue weighted by atomic mass is 9.88. The molecule has 1 aromatic carbocycles. The Morgan fingerprint density at radius 3 is 2.19 bits per heavy atom. The van der Waals surface area contributed by atoms with E-state index in [9.17, 15) is 12.8 Å². The highest BCUT2D eigenvalue weighted by Crippen LogP contribution is 2.23. The van der Waals surface area contributed by atoms with Crippen LogP contribution in [0.5, 0.6) is 0 Å². The van der Waals surface area contributed by atoms with Crippen LogP contribution in [0.25, 0.3) is 0 Å². The predicted molar refractivity (Wildman–Crippen MR) is 61.9 cm³/mol. The van der Waals surface area contributed by atoms with Crippen LogP contribution >= 0.6 is 0 Å². The summed E-state index contributed by atoms with van der Waals surface area (Å²) >= 11 is 0. The summed E-state index contributed by atoms with van der Waals surface area (Å²) in [5, 5.41) is 5.01. The van der Waals surface area contributed by atoms with Gasteiger partial charge in [0.1, 0.15) is 5.82 Å². The van der Waals surface area contributed by atoms with Crippen molar-refractivity contribution in [1.82, 2.24) is 0 Å². The molecule has 0 aliphatic heterocycles. The SMILES string of the molecule is CC(C)(Cc1ccc(F)cc1)CS(N)(=O)=O. The van der Waals surface area contributed by atoms with Gasteiger partial charge in [-0.05, 0) is 29.5 Å². The van der Waals surface area contributed by atoms with Crippen molar-refractivity contribution >= 4 is 10.0 Å². The van der Waals surface area contributed by atoms with E-state index >= 15 is 0 Å². The smallest absolute Gasteiger partial charge is 0.209 e. The topological polar surface area (TPSA) is 60.2 Å². The van der Waals surface area contributed by atoms with Gasteiger partial charge in [0.15, 0.2) is 0 Å². The van der Waals surface area contributed by atoms with Crippen LogP contribution in [-0.2, 0) is 16.4 Å². The Hall–Kier alpha value is -0.940. The van der Waals surface area contributed by atoms with Crippen molar-refractivity contribution in [2.45, 2.75) is 20.3 Å². The summed E-state index contributed by atoms with van der Waals surface area (Å²) in [4.78, 5) is 0. The third kappa shape index (κ3) is 4.72. The quantitative estimate of drug-likeness (QED) is 0.877. The fourth-order valence-electron chi connectivity index (χ4n) is 1.75. The van der Waals surface area contributed by atoms with Gasteiger partial charge in [-0.25, -0.2) is 17.9 Å². The predicted octanol–water partition coefficient (Wildman–Crippen LogP) is 1.68. The fraction of sp³-hybridized carbons (Fsp3) is 0.455.